The molecule has 0 heterocycles. The number of methoxy groups -OCH3 is 3. The third-order valence-electron chi connectivity index (χ3n) is 2.62. The number of rotatable bonds is 7. The minimum Gasteiger partial charge on any atom is -0.493 e. The summed E-state index contributed by atoms with van der Waals surface area (Å²) in [6, 6.07) is 4.80. The van der Waals surface area contributed by atoms with Crippen LogP contribution in [0.1, 0.15) is 5.56 Å². The lowest BCUT2D eigenvalue weighted by Crippen LogP contribution is -2.43. The molecule has 1 aromatic rings. The molecule has 0 aliphatic carbocycles. The largest absolute Gasteiger partial charge is 0.493 e. The van der Waals surface area contributed by atoms with Gasteiger partial charge in [0.2, 0.25) is 5.91 Å². The molecule has 3 N–H and O–H groups in total. The molecule has 0 radical (unpaired) electrons. The summed E-state index contributed by atoms with van der Waals surface area (Å²) in [5.74, 6) is 0.952. The summed E-state index contributed by atoms with van der Waals surface area (Å²) in [6.45, 7) is 0.498. The first-order valence-electron chi connectivity index (χ1n) is 5.86. The van der Waals surface area contributed by atoms with Crippen LogP contribution < -0.4 is 20.5 Å². The van der Waals surface area contributed by atoms with Crippen molar-refractivity contribution >= 4 is 5.91 Å². The fourth-order valence-electron chi connectivity index (χ4n) is 1.66. The zero-order valence-corrected chi connectivity index (χ0v) is 11.4. The number of ether oxygens (including phenoxy) is 3. The van der Waals surface area contributed by atoms with Crippen LogP contribution in [-0.4, -0.2) is 39.9 Å². The second-order valence-electron chi connectivity index (χ2n) is 3.93. The van der Waals surface area contributed by atoms with E-state index in [0.717, 1.165) is 5.56 Å². The number of carbonyl (C=O) groups excluding carboxylic acids is 1. The predicted octanol–water partition coefficient (Wildman–Crippen LogP) is 0.294. The molecule has 0 aromatic heterocycles. The third-order valence-corrected chi connectivity index (χ3v) is 2.62. The number of hydrogen-bond acceptors (Lipinski definition) is 5. The Morgan fingerprint density at radius 3 is 2.63 bits per heavy atom. The summed E-state index contributed by atoms with van der Waals surface area (Å²) in [5.41, 5.74) is 6.44. The highest BCUT2D eigenvalue weighted by Crippen LogP contribution is 2.30. The SMILES string of the molecule is COCC(N)C(=O)NCc1cccc(OC)c1OC. The van der Waals surface area contributed by atoms with E-state index in [1.807, 2.05) is 12.1 Å². The van der Waals surface area contributed by atoms with Crippen LogP contribution in [-0.2, 0) is 16.1 Å². The normalized spacial score (nSPS) is 11.8. The van der Waals surface area contributed by atoms with Gasteiger partial charge in [-0.2, -0.15) is 0 Å². The summed E-state index contributed by atoms with van der Waals surface area (Å²) in [6.07, 6.45) is 0. The minimum atomic E-state index is -0.679. The van der Waals surface area contributed by atoms with E-state index in [2.05, 4.69) is 5.32 Å². The van der Waals surface area contributed by atoms with Crippen LogP contribution in [0.25, 0.3) is 0 Å². The van der Waals surface area contributed by atoms with Gasteiger partial charge in [0.25, 0.3) is 0 Å². The van der Waals surface area contributed by atoms with E-state index in [-0.39, 0.29) is 12.5 Å². The van der Waals surface area contributed by atoms with E-state index in [1.54, 1.807) is 20.3 Å². The van der Waals surface area contributed by atoms with Gasteiger partial charge in [0.15, 0.2) is 11.5 Å². The van der Waals surface area contributed by atoms with Crippen molar-refractivity contribution in [1.29, 1.82) is 0 Å². The number of para-hydroxylation sites is 1. The number of benzene rings is 1. The molecule has 1 atom stereocenters. The first-order valence-corrected chi connectivity index (χ1v) is 5.86. The average molecular weight is 268 g/mol. The zero-order valence-electron chi connectivity index (χ0n) is 11.4. The number of hydrogen-bond donors (Lipinski definition) is 2. The number of amides is 1. The first-order chi connectivity index (χ1) is 9.13. The van der Waals surface area contributed by atoms with Crippen molar-refractivity contribution in [1.82, 2.24) is 5.32 Å². The fraction of sp³-hybridized carbons (Fsp3) is 0.462. The van der Waals surface area contributed by atoms with Crippen molar-refractivity contribution in [2.24, 2.45) is 5.73 Å². The standard InChI is InChI=1S/C13H20N2O4/c1-17-8-10(14)13(16)15-7-9-5-4-6-11(18-2)12(9)19-3/h4-6,10H,7-8,14H2,1-3H3,(H,15,16). The molecule has 19 heavy (non-hydrogen) atoms. The Kier molecular flexibility index (Phi) is 6.11. The summed E-state index contributed by atoms with van der Waals surface area (Å²) in [7, 11) is 4.62. The van der Waals surface area contributed by atoms with Gasteiger partial charge in [0.05, 0.1) is 20.8 Å². The second-order valence-corrected chi connectivity index (χ2v) is 3.93. The quantitative estimate of drug-likeness (QED) is 0.743. The molecular weight excluding hydrogens is 248 g/mol. The highest BCUT2D eigenvalue weighted by Gasteiger charge is 2.14. The summed E-state index contributed by atoms with van der Waals surface area (Å²) < 4.78 is 15.3. The molecule has 0 fully saturated rings. The minimum absolute atomic E-state index is 0.182. The number of carbonyl (C=O) groups is 1. The smallest absolute Gasteiger partial charge is 0.239 e. The molecular formula is C13H20N2O4. The Morgan fingerprint density at radius 1 is 1.32 bits per heavy atom. The van der Waals surface area contributed by atoms with Crippen molar-refractivity contribution in [2.45, 2.75) is 12.6 Å². The topological polar surface area (TPSA) is 82.8 Å². The van der Waals surface area contributed by atoms with Gasteiger partial charge in [-0.25, -0.2) is 0 Å². The van der Waals surface area contributed by atoms with Gasteiger partial charge in [-0.15, -0.1) is 0 Å². The average Bonchev–Trinajstić information content (AvgIpc) is 2.44. The molecule has 1 aromatic carbocycles. The Labute approximate surface area is 112 Å². The maximum absolute atomic E-state index is 11.7. The molecule has 0 saturated carbocycles. The summed E-state index contributed by atoms with van der Waals surface area (Å²) >= 11 is 0. The van der Waals surface area contributed by atoms with Gasteiger partial charge in [0.1, 0.15) is 6.04 Å². The van der Waals surface area contributed by atoms with Crippen molar-refractivity contribution in [3.8, 4) is 11.5 Å². The lowest BCUT2D eigenvalue weighted by atomic mass is 10.1. The third kappa shape index (κ3) is 4.11. The molecule has 0 aliphatic rings. The van der Waals surface area contributed by atoms with Crippen LogP contribution in [0.3, 0.4) is 0 Å². The molecule has 0 bridgehead atoms. The molecule has 106 valence electrons. The van der Waals surface area contributed by atoms with Crippen LogP contribution >= 0.6 is 0 Å². The molecule has 6 heteroatoms. The van der Waals surface area contributed by atoms with Crippen LogP contribution in [0.5, 0.6) is 11.5 Å². The lowest BCUT2D eigenvalue weighted by Gasteiger charge is -2.15. The molecule has 1 unspecified atom stereocenters. The van der Waals surface area contributed by atoms with Gasteiger partial charge in [-0.1, -0.05) is 12.1 Å². The highest BCUT2D eigenvalue weighted by atomic mass is 16.5. The van der Waals surface area contributed by atoms with E-state index in [9.17, 15) is 4.79 Å². The van der Waals surface area contributed by atoms with Gasteiger partial charge >= 0.3 is 0 Å². The van der Waals surface area contributed by atoms with E-state index < -0.39 is 6.04 Å². The maximum atomic E-state index is 11.7. The van der Waals surface area contributed by atoms with E-state index >= 15 is 0 Å². The zero-order chi connectivity index (χ0) is 14.3. The first kappa shape index (κ1) is 15.3. The van der Waals surface area contributed by atoms with Crippen LogP contribution in [0.2, 0.25) is 0 Å². The monoisotopic (exact) mass is 268 g/mol. The Balaban J connectivity index is 2.70. The maximum Gasteiger partial charge on any atom is 0.239 e. The van der Waals surface area contributed by atoms with Crippen molar-refractivity contribution in [3.05, 3.63) is 23.8 Å². The fourth-order valence-corrected chi connectivity index (χ4v) is 1.66. The highest BCUT2D eigenvalue weighted by molar-refractivity contribution is 5.81. The van der Waals surface area contributed by atoms with Crippen LogP contribution in [0, 0.1) is 0 Å². The summed E-state index contributed by atoms with van der Waals surface area (Å²) in [4.78, 5) is 11.7. The molecule has 6 nitrogen and oxygen atoms in total. The lowest BCUT2D eigenvalue weighted by molar-refractivity contribution is -0.123. The molecule has 0 saturated heterocycles. The molecule has 1 rings (SSSR count). The van der Waals surface area contributed by atoms with Gasteiger partial charge in [-0.3, -0.25) is 4.79 Å². The van der Waals surface area contributed by atoms with Gasteiger partial charge in [0, 0.05) is 19.2 Å². The van der Waals surface area contributed by atoms with Gasteiger partial charge < -0.3 is 25.3 Å². The molecule has 0 aliphatic heterocycles. The molecule has 1 amide bonds. The van der Waals surface area contributed by atoms with Crippen molar-refractivity contribution < 1.29 is 19.0 Å². The van der Waals surface area contributed by atoms with Crippen LogP contribution in [0.4, 0.5) is 0 Å². The van der Waals surface area contributed by atoms with E-state index in [0.29, 0.717) is 18.0 Å². The summed E-state index contributed by atoms with van der Waals surface area (Å²) in [5, 5.41) is 2.73. The van der Waals surface area contributed by atoms with Crippen molar-refractivity contribution in [2.75, 3.05) is 27.9 Å². The van der Waals surface area contributed by atoms with Gasteiger partial charge in [-0.05, 0) is 6.07 Å². The van der Waals surface area contributed by atoms with E-state index in [4.69, 9.17) is 19.9 Å². The number of nitrogens with one attached hydrogen (secondary N) is 1. The predicted molar refractivity (Wildman–Crippen MR) is 71.2 cm³/mol. The number of nitrogens with two attached hydrogens (primary N) is 1. The Bertz CT molecular complexity index is 423. The molecule has 0 spiro atoms. The van der Waals surface area contributed by atoms with E-state index in [1.165, 1.54) is 7.11 Å². The Morgan fingerprint density at radius 2 is 2.05 bits per heavy atom. The van der Waals surface area contributed by atoms with Crippen molar-refractivity contribution in [3.63, 3.8) is 0 Å². The van der Waals surface area contributed by atoms with Crippen LogP contribution in [0.15, 0.2) is 18.2 Å². The second kappa shape index (κ2) is 7.60. The Hall–Kier alpha value is -1.79.